The van der Waals surface area contributed by atoms with Crippen molar-refractivity contribution >= 4 is 17.7 Å². The first-order valence-electron chi connectivity index (χ1n) is 13.8. The van der Waals surface area contributed by atoms with E-state index in [1.54, 1.807) is 0 Å². The number of halogens is 1. The molecule has 3 aromatic rings. The van der Waals surface area contributed by atoms with E-state index in [9.17, 15) is 4.79 Å². The molecule has 1 heterocycles. The Morgan fingerprint density at radius 1 is 0.923 bits per heavy atom. The zero-order valence-corrected chi connectivity index (χ0v) is 23.8. The topological polar surface area (TPSA) is 62.8 Å². The Hall–Kier alpha value is -3.06. The predicted octanol–water partition coefficient (Wildman–Crippen LogP) is 6.56. The minimum absolute atomic E-state index is 0.235. The van der Waals surface area contributed by atoms with Crippen molar-refractivity contribution in [2.45, 2.75) is 59.0 Å². The number of ether oxygens (including phenoxy) is 2. The van der Waals surface area contributed by atoms with Crippen LogP contribution < -0.4 is 15.4 Å². The summed E-state index contributed by atoms with van der Waals surface area (Å²) in [5.74, 6) is 1.42. The van der Waals surface area contributed by atoms with E-state index >= 15 is 0 Å². The van der Waals surface area contributed by atoms with E-state index in [0.717, 1.165) is 55.4 Å². The first-order valence-corrected chi connectivity index (χ1v) is 14.2. The highest BCUT2D eigenvalue weighted by atomic mass is 35.5. The molecule has 7 heteroatoms. The molecule has 1 amide bonds. The van der Waals surface area contributed by atoms with Crippen molar-refractivity contribution in [2.75, 3.05) is 19.7 Å². The zero-order valence-electron chi connectivity index (χ0n) is 23.0. The molecule has 0 aromatic heterocycles. The molecule has 4 rings (SSSR count). The number of benzene rings is 3. The zero-order chi connectivity index (χ0) is 27.5. The van der Waals surface area contributed by atoms with Gasteiger partial charge in [-0.1, -0.05) is 74.0 Å². The van der Waals surface area contributed by atoms with Crippen LogP contribution in [0.3, 0.4) is 0 Å². The fourth-order valence-corrected chi connectivity index (χ4v) is 4.77. The van der Waals surface area contributed by atoms with Gasteiger partial charge in [0.15, 0.2) is 0 Å². The lowest BCUT2D eigenvalue weighted by Crippen LogP contribution is -2.45. The van der Waals surface area contributed by atoms with Crippen LogP contribution in [0, 0.1) is 5.92 Å². The van der Waals surface area contributed by atoms with Crippen molar-refractivity contribution in [3.63, 3.8) is 0 Å². The fraction of sp³-hybridized carbons (Fsp3) is 0.406. The van der Waals surface area contributed by atoms with Gasteiger partial charge in [-0.3, -0.25) is 0 Å². The summed E-state index contributed by atoms with van der Waals surface area (Å²) < 4.78 is 11.3. The molecular weight excluding hydrogens is 510 g/mol. The highest BCUT2D eigenvalue weighted by Gasteiger charge is 2.23. The Bertz CT molecular complexity index is 1160. The van der Waals surface area contributed by atoms with Gasteiger partial charge in [0, 0.05) is 43.8 Å². The molecule has 2 N–H and O–H groups in total. The van der Waals surface area contributed by atoms with E-state index in [1.807, 2.05) is 59.5 Å². The number of nitrogens with one attached hydrogen (secondary N) is 2. The number of amides is 1. The number of nitrogens with zero attached hydrogens (tertiary/aromatic N) is 1. The largest absolute Gasteiger partial charge is 0.493 e. The van der Waals surface area contributed by atoms with E-state index < -0.39 is 0 Å². The molecule has 0 spiro atoms. The van der Waals surface area contributed by atoms with E-state index in [0.29, 0.717) is 31.7 Å². The van der Waals surface area contributed by atoms with Gasteiger partial charge in [-0.2, -0.15) is 0 Å². The van der Waals surface area contributed by atoms with E-state index in [2.05, 4.69) is 42.7 Å². The minimum Gasteiger partial charge on any atom is -0.493 e. The molecule has 208 valence electrons. The number of likely N-dealkylation sites (tertiary alicyclic amines) is 1. The summed E-state index contributed by atoms with van der Waals surface area (Å²) in [6.07, 6.45) is 1.57. The van der Waals surface area contributed by atoms with E-state index in [1.165, 1.54) is 16.7 Å². The number of hydrogen-bond donors (Lipinski definition) is 2. The van der Waals surface area contributed by atoms with Crippen molar-refractivity contribution in [1.29, 1.82) is 0 Å². The highest BCUT2D eigenvalue weighted by molar-refractivity contribution is 6.30. The molecule has 0 radical (unpaired) electrons. The van der Waals surface area contributed by atoms with Crippen LogP contribution in [0.15, 0.2) is 72.8 Å². The average Bonchev–Trinajstić information content (AvgIpc) is 2.96. The third kappa shape index (κ3) is 9.57. The van der Waals surface area contributed by atoms with Gasteiger partial charge < -0.3 is 25.0 Å². The lowest BCUT2D eigenvalue weighted by Gasteiger charge is -2.32. The van der Waals surface area contributed by atoms with Crippen LogP contribution in [0.1, 0.15) is 48.9 Å². The Morgan fingerprint density at radius 3 is 2.38 bits per heavy atom. The monoisotopic (exact) mass is 549 g/mol. The second-order valence-corrected chi connectivity index (χ2v) is 11.0. The number of rotatable bonds is 12. The number of hydrogen-bond acceptors (Lipinski definition) is 5. The molecule has 3 aromatic carbocycles. The van der Waals surface area contributed by atoms with Gasteiger partial charge in [-0.15, -0.1) is 0 Å². The summed E-state index contributed by atoms with van der Waals surface area (Å²) in [6.45, 7) is 8.98. The predicted molar refractivity (Wildman–Crippen MR) is 157 cm³/mol. The Labute approximate surface area is 237 Å². The summed E-state index contributed by atoms with van der Waals surface area (Å²) in [6, 6.07) is 24.5. The van der Waals surface area contributed by atoms with Crippen molar-refractivity contribution in [3.8, 4) is 5.75 Å². The summed E-state index contributed by atoms with van der Waals surface area (Å²) in [4.78, 5) is 14.3. The molecular formula is C32H40ClN3O3. The minimum atomic E-state index is -0.235. The quantitative estimate of drug-likeness (QED) is 0.268. The lowest BCUT2D eigenvalue weighted by molar-refractivity contribution is 0.0852. The van der Waals surface area contributed by atoms with E-state index in [4.69, 9.17) is 21.1 Å². The summed E-state index contributed by atoms with van der Waals surface area (Å²) in [7, 11) is 0. The SMILES string of the molecule is CC(C)COc1ccc(CNCc2cc(Cl)ccc2CNC2CCN(C(=O)OCc3ccccc3)CC2)cc1. The van der Waals surface area contributed by atoms with Gasteiger partial charge in [-0.25, -0.2) is 4.79 Å². The third-order valence-corrected chi connectivity index (χ3v) is 7.09. The van der Waals surface area contributed by atoms with Crippen molar-refractivity contribution in [3.05, 3.63) is 100 Å². The first kappa shape index (κ1) is 28.9. The molecule has 0 atom stereocenters. The van der Waals surface area contributed by atoms with Gasteiger partial charge >= 0.3 is 6.09 Å². The molecule has 0 aliphatic carbocycles. The number of piperidine rings is 1. The van der Waals surface area contributed by atoms with Gasteiger partial charge in [0.2, 0.25) is 0 Å². The van der Waals surface area contributed by atoms with Crippen LogP contribution in [0.4, 0.5) is 4.79 Å². The van der Waals surface area contributed by atoms with Crippen molar-refractivity contribution in [2.24, 2.45) is 5.92 Å². The molecule has 1 aliphatic heterocycles. The Morgan fingerprint density at radius 2 is 1.67 bits per heavy atom. The summed E-state index contributed by atoms with van der Waals surface area (Å²) in [5, 5.41) is 7.98. The average molecular weight is 550 g/mol. The second-order valence-electron chi connectivity index (χ2n) is 10.5. The Balaban J connectivity index is 1.20. The highest BCUT2D eigenvalue weighted by Crippen LogP contribution is 2.19. The van der Waals surface area contributed by atoms with Gasteiger partial charge in [0.25, 0.3) is 0 Å². The molecule has 0 bridgehead atoms. The maximum atomic E-state index is 12.5. The smallest absolute Gasteiger partial charge is 0.410 e. The van der Waals surface area contributed by atoms with Crippen LogP contribution in [-0.4, -0.2) is 36.7 Å². The Kier molecular flexibility index (Phi) is 11.1. The number of carbonyl (C=O) groups is 1. The van der Waals surface area contributed by atoms with Gasteiger partial charge in [-0.05, 0) is 65.3 Å². The maximum Gasteiger partial charge on any atom is 0.410 e. The molecule has 0 unspecified atom stereocenters. The molecule has 1 fully saturated rings. The van der Waals surface area contributed by atoms with Crippen LogP contribution in [0.25, 0.3) is 0 Å². The standard InChI is InChI=1S/C32H40ClN3O3/c1-24(2)22-38-31-12-8-25(9-13-31)19-34-20-28-18-29(33)11-10-27(28)21-35-30-14-16-36(17-15-30)32(37)39-23-26-6-4-3-5-7-26/h3-13,18,24,30,34-35H,14-17,19-23H2,1-2H3. The van der Waals surface area contributed by atoms with Crippen LogP contribution in [0.5, 0.6) is 5.75 Å². The van der Waals surface area contributed by atoms with Crippen molar-refractivity contribution < 1.29 is 14.3 Å². The summed E-state index contributed by atoms with van der Waals surface area (Å²) in [5.41, 5.74) is 4.63. The molecule has 39 heavy (non-hydrogen) atoms. The summed E-state index contributed by atoms with van der Waals surface area (Å²) >= 11 is 6.33. The second kappa shape index (κ2) is 14.9. The molecule has 0 saturated carbocycles. The molecule has 6 nitrogen and oxygen atoms in total. The maximum absolute atomic E-state index is 12.5. The number of carbonyl (C=O) groups excluding carboxylic acids is 1. The van der Waals surface area contributed by atoms with E-state index in [-0.39, 0.29) is 6.09 Å². The molecule has 1 saturated heterocycles. The van der Waals surface area contributed by atoms with Gasteiger partial charge in [0.1, 0.15) is 12.4 Å². The van der Waals surface area contributed by atoms with Crippen molar-refractivity contribution in [1.82, 2.24) is 15.5 Å². The normalized spacial score (nSPS) is 14.0. The first-order chi connectivity index (χ1) is 19.0. The van der Waals surface area contributed by atoms with Crippen LogP contribution >= 0.6 is 11.6 Å². The van der Waals surface area contributed by atoms with Gasteiger partial charge in [0.05, 0.1) is 6.61 Å². The van der Waals surface area contributed by atoms with Crippen LogP contribution in [-0.2, 0) is 31.0 Å². The molecule has 1 aliphatic rings. The lowest BCUT2D eigenvalue weighted by atomic mass is 10.0. The van der Waals surface area contributed by atoms with Crippen LogP contribution in [0.2, 0.25) is 5.02 Å². The fourth-order valence-electron chi connectivity index (χ4n) is 4.57. The third-order valence-electron chi connectivity index (χ3n) is 6.86.